The van der Waals surface area contributed by atoms with Crippen molar-refractivity contribution >= 4 is 29.0 Å². The van der Waals surface area contributed by atoms with Crippen molar-refractivity contribution in [2.45, 2.75) is 45.7 Å². The van der Waals surface area contributed by atoms with E-state index in [2.05, 4.69) is 20.4 Å². The van der Waals surface area contributed by atoms with E-state index in [0.29, 0.717) is 35.6 Å². The molecular weight excluding hydrogens is 425 g/mol. The zero-order chi connectivity index (χ0) is 23.0. The molecule has 0 aliphatic carbocycles. The zero-order valence-corrected chi connectivity index (χ0v) is 17.5. The van der Waals surface area contributed by atoms with Gasteiger partial charge in [-0.05, 0) is 50.5 Å². The first kappa shape index (κ1) is 21.7. The number of hydrogen-bond donors (Lipinski definition) is 1. The van der Waals surface area contributed by atoms with Gasteiger partial charge >= 0.3 is 6.18 Å². The Kier molecular flexibility index (Phi) is 5.57. The molecule has 3 aromatic rings. The molecule has 0 spiro atoms. The van der Waals surface area contributed by atoms with Crippen molar-refractivity contribution < 1.29 is 22.8 Å². The van der Waals surface area contributed by atoms with E-state index in [-0.39, 0.29) is 30.4 Å². The Morgan fingerprint density at radius 1 is 1.22 bits per heavy atom. The largest absolute Gasteiger partial charge is 0.453 e. The fraction of sp³-hybridized carbons (Fsp3) is 0.381. The van der Waals surface area contributed by atoms with Crippen LogP contribution in [-0.4, -0.2) is 37.9 Å². The van der Waals surface area contributed by atoms with Gasteiger partial charge in [0.2, 0.25) is 11.8 Å². The Morgan fingerprint density at radius 2 is 2.00 bits per heavy atom. The van der Waals surface area contributed by atoms with Crippen LogP contribution in [0.1, 0.15) is 42.0 Å². The minimum atomic E-state index is -4.66. The fourth-order valence-corrected chi connectivity index (χ4v) is 3.82. The van der Waals surface area contributed by atoms with Gasteiger partial charge in [-0.25, -0.2) is 9.50 Å². The third-order valence-electron chi connectivity index (χ3n) is 5.42. The summed E-state index contributed by atoms with van der Waals surface area (Å²) in [7, 11) is 0. The number of fused-ring (bicyclic) bond motifs is 1. The first-order chi connectivity index (χ1) is 15.1. The van der Waals surface area contributed by atoms with E-state index in [1.807, 2.05) is 6.07 Å². The second-order valence-corrected chi connectivity index (χ2v) is 7.65. The Morgan fingerprint density at radius 3 is 2.69 bits per heavy atom. The van der Waals surface area contributed by atoms with Crippen LogP contribution >= 0.6 is 0 Å². The van der Waals surface area contributed by atoms with E-state index >= 15 is 0 Å². The summed E-state index contributed by atoms with van der Waals surface area (Å²) in [6, 6.07) is 7.07. The van der Waals surface area contributed by atoms with Crippen molar-refractivity contribution in [3.63, 3.8) is 0 Å². The van der Waals surface area contributed by atoms with Crippen LogP contribution in [-0.2, 0) is 22.2 Å². The van der Waals surface area contributed by atoms with E-state index in [0.717, 1.165) is 16.6 Å². The Labute approximate surface area is 181 Å². The smallest absolute Gasteiger partial charge is 0.326 e. The first-order valence-electron chi connectivity index (χ1n) is 10.1. The number of halogens is 3. The number of hydrogen-bond acceptors (Lipinski definition) is 5. The van der Waals surface area contributed by atoms with Crippen molar-refractivity contribution in [3.05, 3.63) is 47.0 Å². The molecule has 1 N–H and O–H groups in total. The van der Waals surface area contributed by atoms with Gasteiger partial charge in [0.05, 0.1) is 0 Å². The van der Waals surface area contributed by atoms with E-state index in [1.54, 1.807) is 36.9 Å². The molecular formula is C21H21F3N6O2. The van der Waals surface area contributed by atoms with Crippen LogP contribution in [0, 0.1) is 13.8 Å². The summed E-state index contributed by atoms with van der Waals surface area (Å²) in [6.45, 7) is 3.95. The molecule has 1 aliphatic heterocycles. The van der Waals surface area contributed by atoms with Gasteiger partial charge in [0.25, 0.3) is 11.6 Å². The van der Waals surface area contributed by atoms with Gasteiger partial charge in [-0.15, -0.1) is 5.10 Å². The van der Waals surface area contributed by atoms with Crippen molar-refractivity contribution in [1.29, 1.82) is 0 Å². The second-order valence-electron chi connectivity index (χ2n) is 7.65. The molecule has 1 aromatic carbocycles. The molecule has 1 saturated heterocycles. The molecule has 2 amide bonds. The SMILES string of the molecule is Cc1nc2nc(C(F)(F)F)nn2c(C)c1CCC(=O)Nc1cccc(N2CCCC2=O)c1. The monoisotopic (exact) mass is 446 g/mol. The zero-order valence-electron chi connectivity index (χ0n) is 17.5. The van der Waals surface area contributed by atoms with Crippen LogP contribution in [0.15, 0.2) is 24.3 Å². The number of nitrogens with one attached hydrogen (secondary N) is 1. The molecule has 1 aliphatic rings. The number of amides is 2. The number of benzene rings is 1. The normalized spacial score (nSPS) is 14.4. The number of carbonyl (C=O) groups is 2. The van der Waals surface area contributed by atoms with Gasteiger partial charge in [0, 0.05) is 42.1 Å². The standard InChI is InChI=1S/C21H21F3N6O2/c1-12-16(13(2)30-20(25-12)27-19(28-30)21(22,23)24)8-9-17(31)26-14-5-3-6-15(11-14)29-10-4-7-18(29)32/h3,5-6,11H,4,7-10H2,1-2H3,(H,26,31). The molecule has 0 unspecified atom stereocenters. The minimum absolute atomic E-state index is 0.0594. The minimum Gasteiger partial charge on any atom is -0.326 e. The Bertz CT molecular complexity index is 1200. The lowest BCUT2D eigenvalue weighted by atomic mass is 10.1. The number of anilines is 2. The van der Waals surface area contributed by atoms with Crippen molar-refractivity contribution in [1.82, 2.24) is 19.6 Å². The van der Waals surface area contributed by atoms with Crippen LogP contribution in [0.2, 0.25) is 0 Å². The molecule has 11 heteroatoms. The Hall–Kier alpha value is -3.50. The molecule has 1 fully saturated rings. The first-order valence-corrected chi connectivity index (χ1v) is 10.1. The molecule has 0 saturated carbocycles. The summed E-state index contributed by atoms with van der Waals surface area (Å²) < 4.78 is 39.8. The number of rotatable bonds is 5. The van der Waals surface area contributed by atoms with Gasteiger partial charge in [0.1, 0.15) is 0 Å². The highest BCUT2D eigenvalue weighted by atomic mass is 19.4. The number of aryl methyl sites for hydroxylation is 2. The van der Waals surface area contributed by atoms with E-state index in [1.165, 1.54) is 0 Å². The summed E-state index contributed by atoms with van der Waals surface area (Å²) in [5, 5.41) is 6.33. The topological polar surface area (TPSA) is 92.5 Å². The van der Waals surface area contributed by atoms with Crippen molar-refractivity contribution in [2.24, 2.45) is 0 Å². The predicted octanol–water partition coefficient (Wildman–Crippen LogP) is 3.46. The van der Waals surface area contributed by atoms with Gasteiger partial charge < -0.3 is 10.2 Å². The maximum Gasteiger partial charge on any atom is 0.453 e. The summed E-state index contributed by atoms with van der Waals surface area (Å²) in [4.78, 5) is 33.7. The number of nitrogens with zero attached hydrogens (tertiary/aromatic N) is 5. The summed E-state index contributed by atoms with van der Waals surface area (Å²) >= 11 is 0. The number of carbonyl (C=O) groups excluding carboxylic acids is 2. The maximum atomic E-state index is 12.9. The van der Waals surface area contributed by atoms with Gasteiger partial charge in [-0.1, -0.05) is 6.07 Å². The van der Waals surface area contributed by atoms with Crippen LogP contribution in [0.4, 0.5) is 24.5 Å². The average molecular weight is 446 g/mol. The summed E-state index contributed by atoms with van der Waals surface area (Å²) in [6.07, 6.45) is -2.96. The van der Waals surface area contributed by atoms with Crippen LogP contribution in [0.5, 0.6) is 0 Å². The molecule has 32 heavy (non-hydrogen) atoms. The lowest BCUT2D eigenvalue weighted by Gasteiger charge is -2.17. The third kappa shape index (κ3) is 4.27. The van der Waals surface area contributed by atoms with Gasteiger partial charge in [-0.2, -0.15) is 18.2 Å². The molecule has 8 nitrogen and oxygen atoms in total. The Balaban J connectivity index is 1.47. The molecule has 0 atom stereocenters. The molecule has 0 radical (unpaired) electrons. The van der Waals surface area contributed by atoms with Gasteiger partial charge in [0.15, 0.2) is 0 Å². The lowest BCUT2D eigenvalue weighted by Crippen LogP contribution is -2.23. The van der Waals surface area contributed by atoms with E-state index < -0.39 is 12.0 Å². The van der Waals surface area contributed by atoms with Crippen LogP contribution in [0.25, 0.3) is 5.78 Å². The molecule has 4 rings (SSSR count). The fourth-order valence-electron chi connectivity index (χ4n) is 3.82. The average Bonchev–Trinajstić information content (AvgIpc) is 3.34. The molecule has 0 bridgehead atoms. The third-order valence-corrected chi connectivity index (χ3v) is 5.42. The maximum absolute atomic E-state index is 12.9. The molecule has 168 valence electrons. The summed E-state index contributed by atoms with van der Waals surface area (Å²) in [5.41, 5.74) is 2.90. The lowest BCUT2D eigenvalue weighted by molar-refractivity contribution is -0.144. The highest BCUT2D eigenvalue weighted by Gasteiger charge is 2.37. The molecule has 2 aromatic heterocycles. The van der Waals surface area contributed by atoms with Crippen molar-refractivity contribution in [2.75, 3.05) is 16.8 Å². The highest BCUT2D eigenvalue weighted by molar-refractivity contribution is 5.97. The second kappa shape index (κ2) is 8.21. The van der Waals surface area contributed by atoms with Crippen LogP contribution < -0.4 is 10.2 Å². The number of aromatic nitrogens is 4. The quantitative estimate of drug-likeness (QED) is 0.648. The van der Waals surface area contributed by atoms with E-state index in [4.69, 9.17) is 0 Å². The molecule has 3 heterocycles. The van der Waals surface area contributed by atoms with E-state index in [9.17, 15) is 22.8 Å². The van der Waals surface area contributed by atoms with Crippen molar-refractivity contribution in [3.8, 4) is 0 Å². The van der Waals surface area contributed by atoms with Crippen LogP contribution in [0.3, 0.4) is 0 Å². The van der Waals surface area contributed by atoms with Gasteiger partial charge in [-0.3, -0.25) is 9.59 Å². The predicted molar refractivity (Wildman–Crippen MR) is 110 cm³/mol. The summed E-state index contributed by atoms with van der Waals surface area (Å²) in [5.74, 6) is -1.58. The number of alkyl halides is 3. The highest BCUT2D eigenvalue weighted by Crippen LogP contribution is 2.27.